The number of hydrogen-bond acceptors (Lipinski definition) is 4. The molecule has 2 rings (SSSR count). The monoisotopic (exact) mass is 308 g/mol. The van der Waals surface area contributed by atoms with Gasteiger partial charge in [0.2, 0.25) is 0 Å². The van der Waals surface area contributed by atoms with Gasteiger partial charge in [-0.1, -0.05) is 12.1 Å². The molecule has 1 aromatic rings. The van der Waals surface area contributed by atoms with Gasteiger partial charge < -0.3 is 10.6 Å². The van der Waals surface area contributed by atoms with Gasteiger partial charge in [0.05, 0.1) is 10.6 Å². The zero-order valence-electron chi connectivity index (χ0n) is 10.6. The van der Waals surface area contributed by atoms with Crippen molar-refractivity contribution in [3.8, 4) is 0 Å². The summed E-state index contributed by atoms with van der Waals surface area (Å²) in [5.41, 5.74) is -5.29. The van der Waals surface area contributed by atoms with Crippen LogP contribution in [0.1, 0.15) is 6.42 Å². The molecule has 0 aliphatic carbocycles. The maximum atomic E-state index is 12.6. The highest BCUT2D eigenvalue weighted by Gasteiger charge is 2.47. The number of nitrogens with one attached hydrogen (secondary N) is 2. The Morgan fingerprint density at radius 2 is 2.00 bits per heavy atom. The summed E-state index contributed by atoms with van der Waals surface area (Å²) < 4.78 is 60.8. The summed E-state index contributed by atoms with van der Waals surface area (Å²) in [7, 11) is -5.33. The van der Waals surface area contributed by atoms with Crippen molar-refractivity contribution in [2.75, 3.05) is 25.0 Å². The van der Waals surface area contributed by atoms with Crippen molar-refractivity contribution in [2.45, 2.75) is 16.8 Å². The fourth-order valence-corrected chi connectivity index (χ4v) is 3.05. The molecule has 112 valence electrons. The van der Waals surface area contributed by atoms with Crippen LogP contribution < -0.4 is 10.6 Å². The number of para-hydroxylation sites is 1. The third-order valence-electron chi connectivity index (χ3n) is 3.22. The summed E-state index contributed by atoms with van der Waals surface area (Å²) in [6.07, 6.45) is 0.918. The summed E-state index contributed by atoms with van der Waals surface area (Å²) in [6, 6.07) is 5.10. The van der Waals surface area contributed by atoms with Crippen molar-refractivity contribution in [1.82, 2.24) is 5.32 Å². The van der Waals surface area contributed by atoms with Crippen molar-refractivity contribution in [3.63, 3.8) is 0 Å². The Kier molecular flexibility index (Phi) is 4.24. The fraction of sp³-hybridized carbons (Fsp3) is 0.500. The van der Waals surface area contributed by atoms with Crippen molar-refractivity contribution >= 4 is 15.5 Å². The minimum Gasteiger partial charge on any atom is -0.384 e. The summed E-state index contributed by atoms with van der Waals surface area (Å²) in [4.78, 5) is -0.724. The first-order chi connectivity index (χ1) is 9.32. The van der Waals surface area contributed by atoms with Crippen LogP contribution in [0, 0.1) is 5.92 Å². The van der Waals surface area contributed by atoms with E-state index in [0.29, 0.717) is 6.54 Å². The molecule has 20 heavy (non-hydrogen) atoms. The van der Waals surface area contributed by atoms with Gasteiger partial charge in [-0.15, -0.1) is 0 Å². The lowest BCUT2D eigenvalue weighted by Gasteiger charge is -2.16. The van der Waals surface area contributed by atoms with Gasteiger partial charge in [0.15, 0.2) is 0 Å². The number of benzene rings is 1. The van der Waals surface area contributed by atoms with Gasteiger partial charge in [0.1, 0.15) is 0 Å². The largest absolute Gasteiger partial charge is 0.501 e. The van der Waals surface area contributed by atoms with Gasteiger partial charge in [-0.3, -0.25) is 0 Å². The van der Waals surface area contributed by atoms with E-state index < -0.39 is 20.2 Å². The van der Waals surface area contributed by atoms with E-state index in [9.17, 15) is 21.6 Å². The summed E-state index contributed by atoms with van der Waals surface area (Å²) in [5.74, 6) is 0.289. The van der Waals surface area contributed by atoms with E-state index in [-0.39, 0.29) is 11.6 Å². The van der Waals surface area contributed by atoms with Crippen molar-refractivity contribution in [2.24, 2.45) is 5.92 Å². The maximum absolute atomic E-state index is 12.6. The van der Waals surface area contributed by atoms with Gasteiger partial charge in [0, 0.05) is 6.54 Å². The summed E-state index contributed by atoms with van der Waals surface area (Å²) in [5, 5.41) is 5.95. The van der Waals surface area contributed by atoms with E-state index in [4.69, 9.17) is 0 Å². The van der Waals surface area contributed by atoms with Crippen LogP contribution >= 0.6 is 0 Å². The Morgan fingerprint density at radius 1 is 1.30 bits per heavy atom. The second kappa shape index (κ2) is 5.61. The molecule has 0 aromatic heterocycles. The van der Waals surface area contributed by atoms with E-state index in [2.05, 4.69) is 10.6 Å². The van der Waals surface area contributed by atoms with Gasteiger partial charge in [-0.25, -0.2) is 8.42 Å². The van der Waals surface area contributed by atoms with Crippen LogP contribution in [0.4, 0.5) is 18.9 Å². The predicted molar refractivity (Wildman–Crippen MR) is 69.1 cm³/mol. The maximum Gasteiger partial charge on any atom is 0.501 e. The second-order valence-corrected chi connectivity index (χ2v) is 6.59. The summed E-state index contributed by atoms with van der Waals surface area (Å²) >= 11 is 0. The van der Waals surface area contributed by atoms with E-state index >= 15 is 0 Å². The number of halogens is 3. The van der Waals surface area contributed by atoms with Gasteiger partial charge in [0.25, 0.3) is 9.84 Å². The molecule has 4 nitrogen and oxygen atoms in total. The molecule has 0 bridgehead atoms. The number of rotatable bonds is 4. The molecule has 0 amide bonds. The highest BCUT2D eigenvalue weighted by atomic mass is 32.2. The first kappa shape index (κ1) is 15.1. The van der Waals surface area contributed by atoms with Crippen LogP contribution in [-0.2, 0) is 9.84 Å². The van der Waals surface area contributed by atoms with Gasteiger partial charge in [-0.05, 0) is 37.6 Å². The number of alkyl halides is 3. The average Bonchev–Trinajstić information content (AvgIpc) is 2.88. The quantitative estimate of drug-likeness (QED) is 0.893. The number of anilines is 1. The zero-order chi connectivity index (χ0) is 14.8. The lowest BCUT2D eigenvalue weighted by molar-refractivity contribution is -0.0435. The molecule has 0 radical (unpaired) electrons. The smallest absolute Gasteiger partial charge is 0.384 e. The highest BCUT2D eigenvalue weighted by Crippen LogP contribution is 2.34. The molecule has 1 heterocycles. The van der Waals surface area contributed by atoms with Gasteiger partial charge in [-0.2, -0.15) is 13.2 Å². The molecule has 1 saturated heterocycles. The van der Waals surface area contributed by atoms with Crippen LogP contribution in [0.25, 0.3) is 0 Å². The van der Waals surface area contributed by atoms with Crippen LogP contribution in [0.5, 0.6) is 0 Å². The Balaban J connectivity index is 2.22. The average molecular weight is 308 g/mol. The topological polar surface area (TPSA) is 58.2 Å². The predicted octanol–water partition coefficient (Wildman–Crippen LogP) is 2.00. The lowest BCUT2D eigenvalue weighted by atomic mass is 10.1. The van der Waals surface area contributed by atoms with Crippen LogP contribution in [0.15, 0.2) is 29.2 Å². The molecule has 1 aliphatic heterocycles. The van der Waals surface area contributed by atoms with E-state index in [0.717, 1.165) is 25.6 Å². The Morgan fingerprint density at radius 3 is 2.60 bits per heavy atom. The van der Waals surface area contributed by atoms with Crippen LogP contribution in [-0.4, -0.2) is 33.6 Å². The Labute approximate surface area is 115 Å². The SMILES string of the molecule is O=S(=O)(c1ccccc1NCC1CCNC1)C(F)(F)F. The standard InChI is InChI=1S/C12H15F3N2O2S/c13-12(14,15)20(18,19)11-4-2-1-3-10(11)17-8-9-5-6-16-7-9/h1-4,9,16-17H,5-8H2. The molecular weight excluding hydrogens is 293 g/mol. The third kappa shape index (κ3) is 3.06. The van der Waals surface area contributed by atoms with Crippen LogP contribution in [0.2, 0.25) is 0 Å². The molecule has 1 aromatic carbocycles. The molecule has 0 spiro atoms. The highest BCUT2D eigenvalue weighted by molar-refractivity contribution is 7.92. The third-order valence-corrected chi connectivity index (χ3v) is 4.77. The number of sulfone groups is 1. The van der Waals surface area contributed by atoms with Crippen molar-refractivity contribution in [1.29, 1.82) is 0 Å². The molecule has 1 aliphatic rings. The molecule has 1 fully saturated rings. The molecule has 1 atom stereocenters. The fourth-order valence-electron chi connectivity index (χ4n) is 2.11. The van der Waals surface area contributed by atoms with E-state index in [1.165, 1.54) is 18.2 Å². The molecule has 8 heteroatoms. The molecular formula is C12H15F3N2O2S. The Bertz CT molecular complexity index is 566. The lowest BCUT2D eigenvalue weighted by Crippen LogP contribution is -2.25. The zero-order valence-corrected chi connectivity index (χ0v) is 11.4. The normalized spacial score (nSPS) is 20.1. The summed E-state index contributed by atoms with van der Waals surface area (Å²) in [6.45, 7) is 2.09. The minimum absolute atomic E-state index is 0.00303. The van der Waals surface area contributed by atoms with E-state index in [1.807, 2.05) is 0 Å². The minimum atomic E-state index is -5.33. The molecule has 0 saturated carbocycles. The molecule has 2 N–H and O–H groups in total. The van der Waals surface area contributed by atoms with Crippen molar-refractivity contribution < 1.29 is 21.6 Å². The molecule has 1 unspecified atom stereocenters. The van der Waals surface area contributed by atoms with Crippen LogP contribution in [0.3, 0.4) is 0 Å². The van der Waals surface area contributed by atoms with Gasteiger partial charge >= 0.3 is 5.51 Å². The first-order valence-corrected chi connectivity index (χ1v) is 7.65. The van der Waals surface area contributed by atoms with Crippen molar-refractivity contribution in [3.05, 3.63) is 24.3 Å². The second-order valence-electron chi connectivity index (χ2n) is 4.69. The number of hydrogen-bond donors (Lipinski definition) is 2. The Hall–Kier alpha value is -1.28. The first-order valence-electron chi connectivity index (χ1n) is 6.17. The van der Waals surface area contributed by atoms with E-state index in [1.54, 1.807) is 0 Å².